The van der Waals surface area contributed by atoms with Crippen molar-refractivity contribution in [2.45, 2.75) is 50.1 Å². The first kappa shape index (κ1) is 22.4. The zero-order valence-corrected chi connectivity index (χ0v) is 12.9. The SMILES string of the molecule is C[C@@H]1CC(C(=O)O)(C(=O)O)C[C@H]1CC(F)(F)C(F)(F)C(F)(F)C(F)(F)F. The molecular weight excluding hydrogens is 391 g/mol. The molecule has 0 radical (unpaired) electrons. The van der Waals surface area contributed by atoms with Gasteiger partial charge in [-0.05, 0) is 24.7 Å². The first-order chi connectivity index (χ1) is 11.3. The average Bonchev–Trinajstić information content (AvgIpc) is 2.75. The molecule has 13 heteroatoms. The van der Waals surface area contributed by atoms with Gasteiger partial charge in [0.25, 0.3) is 0 Å². The van der Waals surface area contributed by atoms with E-state index in [4.69, 9.17) is 10.2 Å². The predicted molar refractivity (Wildman–Crippen MR) is 65.1 cm³/mol. The molecule has 152 valence electrons. The van der Waals surface area contributed by atoms with E-state index < -0.39 is 72.4 Å². The number of carbonyl (C=O) groups is 2. The number of carboxylic acids is 2. The first-order valence-corrected chi connectivity index (χ1v) is 7.00. The molecule has 0 amide bonds. The fraction of sp³-hybridized carbons (Fsp3) is 0.846. The third kappa shape index (κ3) is 3.20. The Balaban J connectivity index is 3.18. The summed E-state index contributed by atoms with van der Waals surface area (Å²) in [6.45, 7) is 1.02. The van der Waals surface area contributed by atoms with Crippen molar-refractivity contribution in [2.75, 3.05) is 0 Å². The second kappa shape index (κ2) is 6.19. The molecule has 0 heterocycles. The Labute approximate surface area is 140 Å². The molecule has 0 unspecified atom stereocenters. The lowest BCUT2D eigenvalue weighted by atomic mass is 9.84. The highest BCUT2D eigenvalue weighted by atomic mass is 19.4. The Morgan fingerprint density at radius 2 is 1.31 bits per heavy atom. The normalized spacial score (nSPS) is 24.5. The number of hydrogen-bond donors (Lipinski definition) is 2. The van der Waals surface area contributed by atoms with Crippen molar-refractivity contribution in [1.29, 1.82) is 0 Å². The minimum atomic E-state index is -7.04. The van der Waals surface area contributed by atoms with Gasteiger partial charge < -0.3 is 10.2 Å². The van der Waals surface area contributed by atoms with Gasteiger partial charge in [-0.2, -0.15) is 39.5 Å². The van der Waals surface area contributed by atoms with Crippen molar-refractivity contribution in [3.05, 3.63) is 0 Å². The topological polar surface area (TPSA) is 74.6 Å². The number of aliphatic carboxylic acids is 2. The largest absolute Gasteiger partial charge is 0.480 e. The van der Waals surface area contributed by atoms with Gasteiger partial charge in [-0.15, -0.1) is 0 Å². The smallest absolute Gasteiger partial charge is 0.460 e. The van der Waals surface area contributed by atoms with E-state index in [2.05, 4.69) is 0 Å². The Bertz CT molecular complexity index is 571. The molecule has 1 aliphatic carbocycles. The third-order valence-corrected chi connectivity index (χ3v) is 4.63. The Hall–Kier alpha value is -1.69. The third-order valence-electron chi connectivity index (χ3n) is 4.63. The summed E-state index contributed by atoms with van der Waals surface area (Å²) >= 11 is 0. The van der Waals surface area contributed by atoms with E-state index in [0.29, 0.717) is 0 Å². The minimum absolute atomic E-state index is 0.764. The van der Waals surface area contributed by atoms with Crippen molar-refractivity contribution < 1.29 is 59.3 Å². The van der Waals surface area contributed by atoms with Crippen LogP contribution in [0.25, 0.3) is 0 Å². The van der Waals surface area contributed by atoms with Gasteiger partial charge in [0.05, 0.1) is 0 Å². The van der Waals surface area contributed by atoms with Crippen LogP contribution in [0.5, 0.6) is 0 Å². The van der Waals surface area contributed by atoms with Gasteiger partial charge in [0, 0.05) is 6.42 Å². The Morgan fingerprint density at radius 3 is 1.62 bits per heavy atom. The Morgan fingerprint density at radius 1 is 0.885 bits per heavy atom. The van der Waals surface area contributed by atoms with Crippen LogP contribution in [0, 0.1) is 17.3 Å². The lowest BCUT2D eigenvalue weighted by Gasteiger charge is -2.35. The maximum Gasteiger partial charge on any atom is 0.460 e. The Kier molecular flexibility index (Phi) is 5.32. The second-order valence-electron chi connectivity index (χ2n) is 6.39. The molecular formula is C13H13F9O4. The zero-order chi connectivity index (χ0) is 20.9. The van der Waals surface area contributed by atoms with E-state index in [0.717, 1.165) is 6.92 Å². The number of hydrogen-bond acceptors (Lipinski definition) is 2. The maximum absolute atomic E-state index is 13.7. The molecule has 1 rings (SSSR count). The van der Waals surface area contributed by atoms with Crippen LogP contribution >= 0.6 is 0 Å². The summed E-state index contributed by atoms with van der Waals surface area (Å²) in [7, 11) is 0. The predicted octanol–water partition coefficient (Wildman–Crippen LogP) is 4.05. The maximum atomic E-state index is 13.7. The average molecular weight is 404 g/mol. The van der Waals surface area contributed by atoms with Gasteiger partial charge in [-0.1, -0.05) is 6.92 Å². The molecule has 1 aliphatic rings. The molecule has 26 heavy (non-hydrogen) atoms. The lowest BCUT2D eigenvalue weighted by Crippen LogP contribution is -2.61. The van der Waals surface area contributed by atoms with Gasteiger partial charge >= 0.3 is 35.9 Å². The standard InChI is InChI=1S/C13H13F9O4/c1-5-2-9(7(23)24,8(25)26)3-6(5)4-10(14,15)11(16,17)12(18,19)13(20,21)22/h5-6H,2-4H2,1H3,(H,23,24)(H,25,26)/t5-,6+/m1/s1. The fourth-order valence-corrected chi connectivity index (χ4v) is 3.03. The highest BCUT2D eigenvalue weighted by Crippen LogP contribution is 2.57. The van der Waals surface area contributed by atoms with Crippen molar-refractivity contribution in [3.63, 3.8) is 0 Å². The van der Waals surface area contributed by atoms with Crippen LogP contribution in [0.1, 0.15) is 26.2 Å². The number of halogens is 9. The molecule has 0 bridgehead atoms. The lowest BCUT2D eigenvalue weighted by molar-refractivity contribution is -0.398. The van der Waals surface area contributed by atoms with Gasteiger partial charge in [-0.3, -0.25) is 9.59 Å². The van der Waals surface area contributed by atoms with Gasteiger partial charge in [0.15, 0.2) is 5.41 Å². The molecule has 0 aromatic carbocycles. The molecule has 0 saturated heterocycles. The van der Waals surface area contributed by atoms with Crippen molar-refractivity contribution in [1.82, 2.24) is 0 Å². The van der Waals surface area contributed by atoms with E-state index in [1.807, 2.05) is 0 Å². The van der Waals surface area contributed by atoms with Crippen molar-refractivity contribution in [2.24, 2.45) is 17.3 Å². The van der Waals surface area contributed by atoms with Crippen LogP contribution in [0.2, 0.25) is 0 Å². The van der Waals surface area contributed by atoms with Crippen LogP contribution in [0.3, 0.4) is 0 Å². The summed E-state index contributed by atoms with van der Waals surface area (Å²) in [6.07, 6.45) is -11.1. The monoisotopic (exact) mass is 404 g/mol. The number of rotatable bonds is 6. The van der Waals surface area contributed by atoms with Crippen molar-refractivity contribution >= 4 is 11.9 Å². The summed E-state index contributed by atoms with van der Waals surface area (Å²) in [6, 6.07) is 0. The summed E-state index contributed by atoms with van der Waals surface area (Å²) in [5.41, 5.74) is -2.61. The van der Waals surface area contributed by atoms with Crippen LogP contribution < -0.4 is 0 Å². The van der Waals surface area contributed by atoms with E-state index in [-0.39, 0.29) is 0 Å². The zero-order valence-electron chi connectivity index (χ0n) is 12.9. The van der Waals surface area contributed by atoms with Gasteiger partial charge in [-0.25, -0.2) is 0 Å². The number of alkyl halides is 9. The summed E-state index contributed by atoms with van der Waals surface area (Å²) < 4.78 is 116. The molecule has 2 atom stereocenters. The molecule has 0 spiro atoms. The fourth-order valence-electron chi connectivity index (χ4n) is 3.03. The van der Waals surface area contributed by atoms with E-state index >= 15 is 0 Å². The summed E-state index contributed by atoms with van der Waals surface area (Å²) in [5, 5.41) is 18.0. The van der Waals surface area contributed by atoms with E-state index in [1.165, 1.54) is 0 Å². The first-order valence-electron chi connectivity index (χ1n) is 7.00. The molecule has 2 N–H and O–H groups in total. The highest BCUT2D eigenvalue weighted by Gasteiger charge is 2.81. The quantitative estimate of drug-likeness (QED) is 0.518. The molecule has 0 aromatic rings. The van der Waals surface area contributed by atoms with Gasteiger partial charge in [0.2, 0.25) is 0 Å². The molecule has 0 aliphatic heterocycles. The van der Waals surface area contributed by atoms with Crippen LogP contribution in [-0.4, -0.2) is 46.1 Å². The van der Waals surface area contributed by atoms with E-state index in [1.54, 1.807) is 0 Å². The van der Waals surface area contributed by atoms with Crippen molar-refractivity contribution in [3.8, 4) is 0 Å². The molecule has 0 aromatic heterocycles. The summed E-state index contributed by atoms with van der Waals surface area (Å²) in [4.78, 5) is 22.2. The molecule has 4 nitrogen and oxygen atoms in total. The van der Waals surface area contributed by atoms with Crippen LogP contribution in [0.15, 0.2) is 0 Å². The number of carboxylic acid groups (broad SMARTS) is 2. The van der Waals surface area contributed by atoms with Crippen LogP contribution in [-0.2, 0) is 9.59 Å². The van der Waals surface area contributed by atoms with Crippen LogP contribution in [0.4, 0.5) is 39.5 Å². The van der Waals surface area contributed by atoms with Gasteiger partial charge in [0.1, 0.15) is 0 Å². The molecule has 1 saturated carbocycles. The summed E-state index contributed by atoms with van der Waals surface area (Å²) in [5.74, 6) is -26.7. The highest BCUT2D eigenvalue weighted by molar-refractivity contribution is 5.98. The minimum Gasteiger partial charge on any atom is -0.480 e. The second-order valence-corrected chi connectivity index (χ2v) is 6.39. The molecule has 1 fully saturated rings. The van der Waals surface area contributed by atoms with E-state index in [9.17, 15) is 49.1 Å².